The molecule has 0 saturated heterocycles. The zero-order valence-corrected chi connectivity index (χ0v) is 12.4. The van der Waals surface area contributed by atoms with E-state index in [0.717, 1.165) is 6.07 Å². The first kappa shape index (κ1) is 15.6. The van der Waals surface area contributed by atoms with E-state index in [1.807, 2.05) is 13.8 Å². The third-order valence-corrected chi connectivity index (χ3v) is 3.28. The predicted octanol–water partition coefficient (Wildman–Crippen LogP) is 2.61. The van der Waals surface area contributed by atoms with Crippen LogP contribution in [0.2, 0.25) is 0 Å². The van der Waals surface area contributed by atoms with E-state index in [1.165, 1.54) is 12.1 Å². The molecule has 0 aliphatic heterocycles. The molecule has 4 nitrogen and oxygen atoms in total. The lowest BCUT2D eigenvalue weighted by Crippen LogP contribution is -2.34. The van der Waals surface area contributed by atoms with Crippen LogP contribution in [0, 0.1) is 5.82 Å². The van der Waals surface area contributed by atoms with Crippen molar-refractivity contribution in [3.63, 3.8) is 0 Å². The lowest BCUT2D eigenvalue weighted by molar-refractivity contribution is -0.134. The summed E-state index contributed by atoms with van der Waals surface area (Å²) >= 11 is 3.13. The smallest absolute Gasteiger partial charge is 0.339 e. The van der Waals surface area contributed by atoms with Crippen LogP contribution in [0.15, 0.2) is 22.7 Å². The quantitative estimate of drug-likeness (QED) is 0.779. The number of hydrogen-bond acceptors (Lipinski definition) is 3. The number of rotatable bonds is 5. The SMILES string of the molecule is CCN(CC)C(=O)COC(=O)c1cc(F)ccc1Br. The van der Waals surface area contributed by atoms with Gasteiger partial charge in [0, 0.05) is 17.6 Å². The van der Waals surface area contributed by atoms with Gasteiger partial charge in [-0.05, 0) is 48.0 Å². The topological polar surface area (TPSA) is 46.6 Å². The molecule has 1 amide bonds. The maximum atomic E-state index is 13.0. The number of esters is 1. The van der Waals surface area contributed by atoms with Crippen molar-refractivity contribution in [1.82, 2.24) is 4.90 Å². The molecule has 0 bridgehead atoms. The Labute approximate surface area is 119 Å². The fraction of sp³-hybridized carbons (Fsp3) is 0.385. The lowest BCUT2D eigenvalue weighted by Gasteiger charge is -2.18. The first-order valence-corrected chi connectivity index (χ1v) is 6.68. The summed E-state index contributed by atoms with van der Waals surface area (Å²) < 4.78 is 18.3. The Morgan fingerprint density at radius 2 is 1.95 bits per heavy atom. The summed E-state index contributed by atoms with van der Waals surface area (Å²) in [6.45, 7) is 4.44. The van der Waals surface area contributed by atoms with Gasteiger partial charge in [0.05, 0.1) is 5.56 Å². The minimum Gasteiger partial charge on any atom is -0.452 e. The van der Waals surface area contributed by atoms with Gasteiger partial charge < -0.3 is 9.64 Å². The average molecular weight is 332 g/mol. The first-order valence-electron chi connectivity index (χ1n) is 5.89. The summed E-state index contributed by atoms with van der Waals surface area (Å²) in [7, 11) is 0. The van der Waals surface area contributed by atoms with Crippen molar-refractivity contribution in [2.75, 3.05) is 19.7 Å². The second-order valence-electron chi connectivity index (χ2n) is 3.77. The molecule has 0 aromatic heterocycles. The van der Waals surface area contributed by atoms with Gasteiger partial charge in [0.1, 0.15) is 5.82 Å². The Kier molecular flexibility index (Phi) is 5.95. The predicted molar refractivity (Wildman–Crippen MR) is 72.3 cm³/mol. The van der Waals surface area contributed by atoms with E-state index >= 15 is 0 Å². The van der Waals surface area contributed by atoms with Gasteiger partial charge in [0.2, 0.25) is 0 Å². The van der Waals surface area contributed by atoms with Gasteiger partial charge in [-0.2, -0.15) is 0 Å². The fourth-order valence-electron chi connectivity index (χ4n) is 1.53. The second kappa shape index (κ2) is 7.23. The van der Waals surface area contributed by atoms with Crippen molar-refractivity contribution >= 4 is 27.8 Å². The third kappa shape index (κ3) is 4.31. The van der Waals surface area contributed by atoms with Gasteiger partial charge in [0.15, 0.2) is 6.61 Å². The number of ether oxygens (including phenoxy) is 1. The van der Waals surface area contributed by atoms with Crippen LogP contribution in [-0.2, 0) is 9.53 Å². The van der Waals surface area contributed by atoms with Gasteiger partial charge in [-0.15, -0.1) is 0 Å². The van der Waals surface area contributed by atoms with Crippen molar-refractivity contribution in [1.29, 1.82) is 0 Å². The third-order valence-electron chi connectivity index (χ3n) is 2.59. The van der Waals surface area contributed by atoms with Crippen LogP contribution in [0.5, 0.6) is 0 Å². The molecule has 19 heavy (non-hydrogen) atoms. The summed E-state index contributed by atoms with van der Waals surface area (Å²) in [4.78, 5) is 24.9. The van der Waals surface area contributed by atoms with Gasteiger partial charge in [-0.1, -0.05) is 0 Å². The highest BCUT2D eigenvalue weighted by molar-refractivity contribution is 9.10. The maximum absolute atomic E-state index is 13.0. The maximum Gasteiger partial charge on any atom is 0.339 e. The van der Waals surface area contributed by atoms with E-state index in [9.17, 15) is 14.0 Å². The minimum absolute atomic E-state index is 0.0624. The number of carbonyl (C=O) groups is 2. The summed E-state index contributed by atoms with van der Waals surface area (Å²) in [5.41, 5.74) is 0.0624. The molecule has 0 heterocycles. The van der Waals surface area contributed by atoms with Crippen molar-refractivity contribution in [2.24, 2.45) is 0 Å². The number of amides is 1. The van der Waals surface area contributed by atoms with E-state index in [0.29, 0.717) is 17.6 Å². The van der Waals surface area contributed by atoms with Gasteiger partial charge in [0.25, 0.3) is 5.91 Å². The van der Waals surface area contributed by atoms with Gasteiger partial charge in [-0.25, -0.2) is 9.18 Å². The van der Waals surface area contributed by atoms with E-state index in [4.69, 9.17) is 4.74 Å². The molecule has 6 heteroatoms. The Morgan fingerprint density at radius 1 is 1.32 bits per heavy atom. The highest BCUT2D eigenvalue weighted by Crippen LogP contribution is 2.18. The zero-order chi connectivity index (χ0) is 14.4. The van der Waals surface area contributed by atoms with Gasteiger partial charge >= 0.3 is 5.97 Å². The van der Waals surface area contributed by atoms with Crippen LogP contribution in [0.3, 0.4) is 0 Å². The molecule has 1 aromatic carbocycles. The average Bonchev–Trinajstić information content (AvgIpc) is 2.40. The Hall–Kier alpha value is -1.43. The van der Waals surface area contributed by atoms with E-state index < -0.39 is 11.8 Å². The van der Waals surface area contributed by atoms with Crippen LogP contribution in [0.1, 0.15) is 24.2 Å². The van der Waals surface area contributed by atoms with Crippen molar-refractivity contribution < 1.29 is 18.7 Å². The zero-order valence-electron chi connectivity index (χ0n) is 10.8. The highest BCUT2D eigenvalue weighted by atomic mass is 79.9. The molecule has 0 N–H and O–H groups in total. The normalized spacial score (nSPS) is 10.1. The molecular formula is C13H15BrFNO3. The summed E-state index contributed by atoms with van der Waals surface area (Å²) in [6.07, 6.45) is 0. The van der Waals surface area contributed by atoms with Crippen LogP contribution in [0.25, 0.3) is 0 Å². The fourth-order valence-corrected chi connectivity index (χ4v) is 1.94. The van der Waals surface area contributed by atoms with Crippen LogP contribution < -0.4 is 0 Å². The lowest BCUT2D eigenvalue weighted by atomic mass is 10.2. The number of likely N-dealkylation sites (N-methyl/N-ethyl adjacent to an activating group) is 1. The Morgan fingerprint density at radius 3 is 2.53 bits per heavy atom. The Balaban J connectivity index is 2.65. The number of halogens is 2. The molecule has 0 aliphatic carbocycles. The Bertz CT molecular complexity index is 475. The summed E-state index contributed by atoms with van der Waals surface area (Å²) in [5, 5.41) is 0. The molecule has 1 aromatic rings. The van der Waals surface area contributed by atoms with Gasteiger partial charge in [-0.3, -0.25) is 4.79 Å². The number of nitrogens with zero attached hydrogens (tertiary/aromatic N) is 1. The molecule has 0 saturated carbocycles. The summed E-state index contributed by atoms with van der Waals surface area (Å²) in [6, 6.07) is 3.70. The summed E-state index contributed by atoms with van der Waals surface area (Å²) in [5.74, 6) is -1.54. The molecule has 1 rings (SSSR count). The molecule has 0 fully saturated rings. The molecule has 0 unspecified atom stereocenters. The largest absolute Gasteiger partial charge is 0.452 e. The molecule has 104 valence electrons. The first-order chi connectivity index (χ1) is 8.99. The molecule has 0 spiro atoms. The van der Waals surface area contributed by atoms with Crippen LogP contribution >= 0.6 is 15.9 Å². The molecular weight excluding hydrogens is 317 g/mol. The van der Waals surface area contributed by atoms with Crippen LogP contribution in [0.4, 0.5) is 4.39 Å². The number of hydrogen-bond donors (Lipinski definition) is 0. The minimum atomic E-state index is -0.730. The van der Waals surface area contributed by atoms with Crippen molar-refractivity contribution in [3.8, 4) is 0 Å². The molecule has 0 radical (unpaired) electrons. The van der Waals surface area contributed by atoms with E-state index in [1.54, 1.807) is 4.90 Å². The monoisotopic (exact) mass is 331 g/mol. The van der Waals surface area contributed by atoms with E-state index in [-0.39, 0.29) is 18.1 Å². The highest BCUT2D eigenvalue weighted by Gasteiger charge is 2.16. The number of benzene rings is 1. The standard InChI is InChI=1S/C13H15BrFNO3/c1-3-16(4-2)12(17)8-19-13(18)10-7-9(15)5-6-11(10)14/h5-7H,3-4,8H2,1-2H3. The van der Waals surface area contributed by atoms with Crippen molar-refractivity contribution in [3.05, 3.63) is 34.1 Å². The molecule has 0 atom stereocenters. The number of carbonyl (C=O) groups excluding carboxylic acids is 2. The van der Waals surface area contributed by atoms with E-state index in [2.05, 4.69) is 15.9 Å². The van der Waals surface area contributed by atoms with Crippen LogP contribution in [-0.4, -0.2) is 36.5 Å². The van der Waals surface area contributed by atoms with Crippen molar-refractivity contribution in [2.45, 2.75) is 13.8 Å². The second-order valence-corrected chi connectivity index (χ2v) is 4.62. The molecule has 0 aliphatic rings.